The smallest absolute Gasteiger partial charge is 0.308 e. The van der Waals surface area contributed by atoms with Crippen LogP contribution in [-0.2, 0) is 32.1 Å². The maximum absolute atomic E-state index is 11.9. The number of ether oxygens (including phenoxy) is 1. The number of Topliss-reactive ketones (excluding diaryl/α,β-unsaturated/α-hetero) is 1. The van der Waals surface area contributed by atoms with Crippen LogP contribution in [0.3, 0.4) is 0 Å². The van der Waals surface area contributed by atoms with E-state index in [2.05, 4.69) is 0 Å². The number of carbonyl (C=O) groups is 3. The number of hydrogen-bond acceptors (Lipinski definition) is 5. The van der Waals surface area contributed by atoms with Gasteiger partial charge in [-0.2, -0.15) is 0 Å². The van der Waals surface area contributed by atoms with Gasteiger partial charge < -0.3 is 14.9 Å². The van der Waals surface area contributed by atoms with Gasteiger partial charge in [0.25, 0.3) is 0 Å². The highest BCUT2D eigenvalue weighted by atomic mass is 16.5. The molecule has 0 aliphatic carbocycles. The van der Waals surface area contributed by atoms with Crippen molar-refractivity contribution in [2.24, 2.45) is 5.92 Å². The minimum Gasteiger partial charge on any atom is -0.481 e. The first-order valence-electron chi connectivity index (χ1n) is 8.48. The summed E-state index contributed by atoms with van der Waals surface area (Å²) >= 11 is 0. The van der Waals surface area contributed by atoms with E-state index in [1.165, 1.54) is 0 Å². The van der Waals surface area contributed by atoms with Crippen LogP contribution >= 0.6 is 0 Å². The summed E-state index contributed by atoms with van der Waals surface area (Å²) in [5, 5.41) is 18.1. The van der Waals surface area contributed by atoms with Gasteiger partial charge in [0.2, 0.25) is 0 Å². The monoisotopic (exact) mass is 350 g/mol. The van der Waals surface area contributed by atoms with Crippen molar-refractivity contribution in [1.82, 2.24) is 0 Å². The molecular formula is C19H26O6. The van der Waals surface area contributed by atoms with E-state index in [9.17, 15) is 19.5 Å². The van der Waals surface area contributed by atoms with Crippen LogP contribution in [0.4, 0.5) is 0 Å². The zero-order valence-electron chi connectivity index (χ0n) is 14.7. The van der Waals surface area contributed by atoms with E-state index in [1.807, 2.05) is 38.1 Å². The fourth-order valence-corrected chi connectivity index (χ4v) is 2.31. The number of carbonyl (C=O) groups excluding carboxylic acids is 2. The number of aliphatic hydroxyl groups is 1. The van der Waals surface area contributed by atoms with Crippen LogP contribution < -0.4 is 0 Å². The predicted octanol–water partition coefficient (Wildman–Crippen LogP) is 2.50. The van der Waals surface area contributed by atoms with E-state index in [0.717, 1.165) is 11.1 Å². The summed E-state index contributed by atoms with van der Waals surface area (Å²) in [6.45, 7) is 3.90. The van der Waals surface area contributed by atoms with Crippen LogP contribution in [0, 0.1) is 5.92 Å². The van der Waals surface area contributed by atoms with E-state index in [-0.39, 0.29) is 37.1 Å². The van der Waals surface area contributed by atoms with Crippen molar-refractivity contribution in [2.45, 2.75) is 58.7 Å². The van der Waals surface area contributed by atoms with Gasteiger partial charge in [-0.25, -0.2) is 0 Å². The molecule has 0 saturated heterocycles. The number of ketones is 1. The zero-order valence-corrected chi connectivity index (χ0v) is 14.7. The third-order valence-electron chi connectivity index (χ3n) is 4.05. The highest BCUT2D eigenvalue weighted by molar-refractivity contribution is 5.80. The van der Waals surface area contributed by atoms with Gasteiger partial charge in [-0.05, 0) is 24.0 Å². The number of benzene rings is 1. The third kappa shape index (κ3) is 7.94. The molecule has 0 heterocycles. The maximum Gasteiger partial charge on any atom is 0.308 e. The van der Waals surface area contributed by atoms with Crippen molar-refractivity contribution in [3.8, 4) is 0 Å². The normalized spacial score (nSPS) is 13.1. The molecule has 0 spiro atoms. The first kappa shape index (κ1) is 20.8. The lowest BCUT2D eigenvalue weighted by Crippen LogP contribution is -2.18. The van der Waals surface area contributed by atoms with Crippen LogP contribution in [0.15, 0.2) is 24.3 Å². The second-order valence-electron chi connectivity index (χ2n) is 6.18. The first-order valence-corrected chi connectivity index (χ1v) is 8.48. The van der Waals surface area contributed by atoms with Crippen LogP contribution in [-0.4, -0.2) is 34.0 Å². The van der Waals surface area contributed by atoms with E-state index in [0.29, 0.717) is 12.8 Å². The average molecular weight is 350 g/mol. The molecule has 6 heteroatoms. The summed E-state index contributed by atoms with van der Waals surface area (Å²) in [4.78, 5) is 34.2. The van der Waals surface area contributed by atoms with Crippen molar-refractivity contribution in [2.75, 3.05) is 0 Å². The highest BCUT2D eigenvalue weighted by Gasteiger charge is 2.16. The van der Waals surface area contributed by atoms with Gasteiger partial charge in [0.1, 0.15) is 12.4 Å². The van der Waals surface area contributed by atoms with Gasteiger partial charge in [0, 0.05) is 12.8 Å². The summed E-state index contributed by atoms with van der Waals surface area (Å²) in [6.07, 6.45) is -0.390. The van der Waals surface area contributed by atoms with Crippen LogP contribution in [0.5, 0.6) is 0 Å². The van der Waals surface area contributed by atoms with E-state index >= 15 is 0 Å². The van der Waals surface area contributed by atoms with Gasteiger partial charge in [-0.1, -0.05) is 38.1 Å². The number of aryl methyl sites for hydroxylation is 1. The van der Waals surface area contributed by atoms with Crippen molar-refractivity contribution in [1.29, 1.82) is 0 Å². The average Bonchev–Trinajstić information content (AvgIpc) is 2.56. The molecule has 0 aromatic heterocycles. The molecule has 0 radical (unpaired) electrons. The number of esters is 1. The lowest BCUT2D eigenvalue weighted by molar-refractivity contribution is -0.149. The molecule has 2 atom stereocenters. The minimum absolute atomic E-state index is 0.149. The second-order valence-corrected chi connectivity index (χ2v) is 6.18. The number of carboxylic acids is 1. The second kappa shape index (κ2) is 10.6. The number of carboxylic acid groups (broad SMARTS) is 1. The quantitative estimate of drug-likeness (QED) is 0.595. The van der Waals surface area contributed by atoms with Crippen LogP contribution in [0.1, 0.15) is 50.7 Å². The molecule has 1 aromatic rings. The SMILES string of the molecule is CC[C@H](C)C(=O)OCc1ccccc1CCC(=O)C[C@@H](O)CC(=O)O. The van der Waals surface area contributed by atoms with Gasteiger partial charge >= 0.3 is 11.9 Å². The summed E-state index contributed by atoms with van der Waals surface area (Å²) in [5.41, 5.74) is 1.75. The Labute approximate surface area is 147 Å². The summed E-state index contributed by atoms with van der Waals surface area (Å²) < 4.78 is 5.31. The number of aliphatic hydroxyl groups excluding tert-OH is 1. The number of hydrogen-bond donors (Lipinski definition) is 2. The standard InChI is InChI=1S/C19H26O6/c1-3-13(2)19(24)25-12-15-7-5-4-6-14(15)8-9-16(20)10-17(21)11-18(22)23/h4-7,13,17,21H,3,8-12H2,1-2H3,(H,22,23)/t13-,17+/m0/s1. The Morgan fingerprint density at radius 1 is 1.12 bits per heavy atom. The molecule has 6 nitrogen and oxygen atoms in total. The summed E-state index contributed by atoms with van der Waals surface area (Å²) in [6, 6.07) is 7.41. The van der Waals surface area contributed by atoms with Gasteiger partial charge in [0.05, 0.1) is 18.4 Å². The molecule has 0 amide bonds. The number of rotatable bonds is 11. The fourth-order valence-electron chi connectivity index (χ4n) is 2.31. The van der Waals surface area contributed by atoms with Crippen molar-refractivity contribution in [3.05, 3.63) is 35.4 Å². The van der Waals surface area contributed by atoms with Crippen molar-refractivity contribution in [3.63, 3.8) is 0 Å². The summed E-state index contributed by atoms with van der Waals surface area (Å²) in [5.74, 6) is -1.72. The van der Waals surface area contributed by atoms with Crippen LogP contribution in [0.25, 0.3) is 0 Å². The van der Waals surface area contributed by atoms with Crippen LogP contribution in [0.2, 0.25) is 0 Å². The Hall–Kier alpha value is -2.21. The van der Waals surface area contributed by atoms with E-state index < -0.39 is 18.5 Å². The zero-order chi connectivity index (χ0) is 18.8. The third-order valence-corrected chi connectivity index (χ3v) is 4.05. The number of aliphatic carboxylic acids is 1. The molecule has 2 N–H and O–H groups in total. The molecule has 0 unspecified atom stereocenters. The molecule has 0 fully saturated rings. The maximum atomic E-state index is 11.9. The topological polar surface area (TPSA) is 101 Å². The van der Waals surface area contributed by atoms with Crippen molar-refractivity contribution < 1.29 is 29.3 Å². The minimum atomic E-state index is -1.16. The predicted molar refractivity (Wildman–Crippen MR) is 91.9 cm³/mol. The molecule has 0 bridgehead atoms. The van der Waals surface area contributed by atoms with Crippen molar-refractivity contribution >= 4 is 17.7 Å². The Kier molecular flexibility index (Phi) is 8.84. The molecule has 138 valence electrons. The van der Waals surface area contributed by atoms with Gasteiger partial charge in [-0.15, -0.1) is 0 Å². The molecule has 0 saturated carbocycles. The Morgan fingerprint density at radius 2 is 1.76 bits per heavy atom. The summed E-state index contributed by atoms with van der Waals surface area (Å²) in [7, 11) is 0. The molecule has 1 rings (SSSR count). The Bertz CT molecular complexity index is 595. The molecule has 0 aliphatic heterocycles. The Morgan fingerprint density at radius 3 is 2.36 bits per heavy atom. The fraction of sp³-hybridized carbons (Fsp3) is 0.526. The van der Waals surface area contributed by atoms with E-state index in [1.54, 1.807) is 0 Å². The largest absolute Gasteiger partial charge is 0.481 e. The lowest BCUT2D eigenvalue weighted by atomic mass is 9.99. The van der Waals surface area contributed by atoms with E-state index in [4.69, 9.17) is 9.84 Å². The van der Waals surface area contributed by atoms with Gasteiger partial charge in [-0.3, -0.25) is 14.4 Å². The first-order chi connectivity index (χ1) is 11.8. The molecule has 25 heavy (non-hydrogen) atoms. The highest BCUT2D eigenvalue weighted by Crippen LogP contribution is 2.15. The molecule has 1 aromatic carbocycles. The van der Waals surface area contributed by atoms with Gasteiger partial charge in [0.15, 0.2) is 0 Å². The Balaban J connectivity index is 2.55. The lowest BCUT2D eigenvalue weighted by Gasteiger charge is -2.13. The molecular weight excluding hydrogens is 324 g/mol. The molecule has 0 aliphatic rings.